The van der Waals surface area contributed by atoms with E-state index in [1.54, 1.807) is 0 Å². The second-order valence-electron chi connectivity index (χ2n) is 7.05. The van der Waals surface area contributed by atoms with Crippen LogP contribution in [-0.4, -0.2) is 11.7 Å². The third-order valence-electron chi connectivity index (χ3n) is 5.45. The smallest absolute Gasteiger partial charge is 0.267 e. The maximum absolute atomic E-state index is 13.3. The number of thiophene rings is 1. The molecular weight excluding hydrogens is 352 g/mol. The van der Waals surface area contributed by atoms with Gasteiger partial charge < -0.3 is 0 Å². The third kappa shape index (κ3) is 2.90. The van der Waals surface area contributed by atoms with Gasteiger partial charge in [0.1, 0.15) is 5.84 Å². The number of carbonyl (C=O) groups is 1. The van der Waals surface area contributed by atoms with Gasteiger partial charge in [0.15, 0.2) is 0 Å². The molecule has 27 heavy (non-hydrogen) atoms. The number of nitrogens with zero attached hydrogens (tertiary/aromatic N) is 2. The fraction of sp³-hybridized carbons (Fsp3) is 0.217. The Morgan fingerprint density at radius 3 is 2.59 bits per heavy atom. The van der Waals surface area contributed by atoms with Gasteiger partial charge in [-0.25, -0.2) is 0 Å². The minimum atomic E-state index is 0.0298. The molecule has 0 saturated heterocycles. The van der Waals surface area contributed by atoms with E-state index < -0.39 is 0 Å². The molecular formula is C23H20N2OS. The molecule has 2 heterocycles. The summed E-state index contributed by atoms with van der Waals surface area (Å²) < 4.78 is 0. The topological polar surface area (TPSA) is 32.7 Å². The molecule has 0 spiro atoms. The summed E-state index contributed by atoms with van der Waals surface area (Å²) in [5.41, 5.74) is 4.90. The van der Waals surface area contributed by atoms with E-state index >= 15 is 0 Å². The molecule has 0 N–H and O–H groups in total. The van der Waals surface area contributed by atoms with Crippen LogP contribution in [0.1, 0.15) is 45.2 Å². The molecule has 1 aliphatic heterocycles. The highest BCUT2D eigenvalue weighted by atomic mass is 32.1. The molecule has 0 radical (unpaired) electrons. The molecule has 5 rings (SSSR count). The first-order valence-electron chi connectivity index (χ1n) is 9.41. The molecule has 3 aromatic rings. The number of para-hydroxylation sites is 1. The van der Waals surface area contributed by atoms with Crippen molar-refractivity contribution in [2.45, 2.75) is 31.7 Å². The average molecular weight is 372 g/mol. The van der Waals surface area contributed by atoms with E-state index in [0.29, 0.717) is 0 Å². The highest BCUT2D eigenvalue weighted by Gasteiger charge is 2.31. The number of amides is 1. The van der Waals surface area contributed by atoms with Crippen molar-refractivity contribution >= 4 is 28.8 Å². The zero-order valence-corrected chi connectivity index (χ0v) is 15.8. The molecule has 0 bridgehead atoms. The number of carbonyl (C=O) groups excluding carboxylic acids is 1. The Hall–Kier alpha value is -2.72. The lowest BCUT2D eigenvalue weighted by molar-refractivity contribution is 0.100. The van der Waals surface area contributed by atoms with Crippen LogP contribution < -0.4 is 4.90 Å². The number of hydrogen-bond acceptors (Lipinski definition) is 3. The molecule has 1 aromatic heterocycles. The molecule has 0 unspecified atom stereocenters. The van der Waals surface area contributed by atoms with Gasteiger partial charge in [0.05, 0.1) is 16.6 Å². The van der Waals surface area contributed by atoms with Crippen molar-refractivity contribution in [1.29, 1.82) is 0 Å². The Bertz CT molecular complexity index is 1020. The van der Waals surface area contributed by atoms with E-state index in [0.717, 1.165) is 42.1 Å². The summed E-state index contributed by atoms with van der Waals surface area (Å²) in [4.78, 5) is 21.0. The van der Waals surface area contributed by atoms with E-state index in [9.17, 15) is 4.79 Å². The predicted octanol–water partition coefficient (Wildman–Crippen LogP) is 5.43. The van der Waals surface area contributed by atoms with Gasteiger partial charge in [-0.3, -0.25) is 14.7 Å². The van der Waals surface area contributed by atoms with Gasteiger partial charge >= 0.3 is 0 Å². The van der Waals surface area contributed by atoms with E-state index in [4.69, 9.17) is 4.99 Å². The van der Waals surface area contributed by atoms with Crippen LogP contribution in [0.5, 0.6) is 0 Å². The highest BCUT2D eigenvalue weighted by molar-refractivity contribution is 7.12. The van der Waals surface area contributed by atoms with E-state index in [2.05, 4.69) is 30.3 Å². The van der Waals surface area contributed by atoms with Gasteiger partial charge in [0.25, 0.3) is 5.91 Å². The minimum absolute atomic E-state index is 0.0298. The van der Waals surface area contributed by atoms with E-state index in [1.165, 1.54) is 28.0 Å². The van der Waals surface area contributed by atoms with E-state index in [-0.39, 0.29) is 11.9 Å². The van der Waals surface area contributed by atoms with Crippen molar-refractivity contribution in [2.24, 2.45) is 4.99 Å². The van der Waals surface area contributed by atoms with Gasteiger partial charge in [-0.15, -0.1) is 11.3 Å². The monoisotopic (exact) mass is 372 g/mol. The maximum atomic E-state index is 13.3. The minimum Gasteiger partial charge on any atom is -0.267 e. The number of fused-ring (bicyclic) bond motifs is 2. The van der Waals surface area contributed by atoms with Crippen molar-refractivity contribution < 1.29 is 4.79 Å². The number of hydrogen-bond donors (Lipinski definition) is 0. The van der Waals surface area contributed by atoms with Gasteiger partial charge in [-0.1, -0.05) is 48.5 Å². The molecule has 2 aliphatic rings. The molecule has 1 aliphatic carbocycles. The largest absolute Gasteiger partial charge is 0.273 e. The molecule has 4 heteroatoms. The molecule has 0 saturated carbocycles. The summed E-state index contributed by atoms with van der Waals surface area (Å²) in [5, 5.41) is 1.95. The number of rotatable bonds is 2. The number of benzene rings is 2. The van der Waals surface area contributed by atoms with Crippen LogP contribution in [0.15, 0.2) is 71.0 Å². The normalized spacial score (nSPS) is 19.8. The van der Waals surface area contributed by atoms with Crippen LogP contribution in [0.3, 0.4) is 0 Å². The van der Waals surface area contributed by atoms with Crippen LogP contribution in [0.25, 0.3) is 0 Å². The van der Waals surface area contributed by atoms with Crippen LogP contribution in [0, 0.1) is 0 Å². The van der Waals surface area contributed by atoms with Crippen molar-refractivity contribution in [3.8, 4) is 0 Å². The Morgan fingerprint density at radius 2 is 1.74 bits per heavy atom. The summed E-state index contributed by atoms with van der Waals surface area (Å²) in [6.45, 7) is 0. The number of amidine groups is 1. The lowest BCUT2D eigenvalue weighted by Gasteiger charge is -2.31. The Morgan fingerprint density at radius 1 is 0.926 bits per heavy atom. The maximum Gasteiger partial charge on any atom is 0.273 e. The average Bonchev–Trinajstić information content (AvgIpc) is 3.38. The number of aryl methyl sites for hydroxylation is 2. The lowest BCUT2D eigenvalue weighted by Crippen LogP contribution is -2.40. The second-order valence-corrected chi connectivity index (χ2v) is 7.99. The van der Waals surface area contributed by atoms with Crippen molar-refractivity contribution in [1.82, 2.24) is 0 Å². The van der Waals surface area contributed by atoms with Crippen LogP contribution in [0.4, 0.5) is 5.69 Å². The standard InChI is InChI=1S/C23H20N2OS/c26-23(21-10-5-15-27-21)25-20-9-4-2-7-17(20)12-14-22(25)24-19-13-11-16-6-1-3-8-18(16)19/h1-10,15,19H,11-14H2/t19-/m1/s1. The summed E-state index contributed by atoms with van der Waals surface area (Å²) in [6, 6.07) is 20.7. The summed E-state index contributed by atoms with van der Waals surface area (Å²) in [5.74, 6) is 0.927. The first-order valence-corrected chi connectivity index (χ1v) is 10.3. The zero-order valence-electron chi connectivity index (χ0n) is 15.0. The third-order valence-corrected chi connectivity index (χ3v) is 6.31. The first kappa shape index (κ1) is 16.5. The fourth-order valence-electron chi connectivity index (χ4n) is 4.15. The van der Waals surface area contributed by atoms with E-state index in [1.807, 2.05) is 40.6 Å². The van der Waals surface area contributed by atoms with Crippen LogP contribution in [-0.2, 0) is 12.8 Å². The van der Waals surface area contributed by atoms with Crippen molar-refractivity contribution in [3.63, 3.8) is 0 Å². The van der Waals surface area contributed by atoms with Gasteiger partial charge in [-0.05, 0) is 53.5 Å². The van der Waals surface area contributed by atoms with Crippen LogP contribution >= 0.6 is 11.3 Å². The second kappa shape index (κ2) is 6.78. The highest BCUT2D eigenvalue weighted by Crippen LogP contribution is 2.36. The molecule has 1 atom stereocenters. The Kier molecular flexibility index (Phi) is 4.13. The first-order chi connectivity index (χ1) is 13.3. The van der Waals surface area contributed by atoms with Crippen LogP contribution in [0.2, 0.25) is 0 Å². The van der Waals surface area contributed by atoms with Crippen molar-refractivity contribution in [3.05, 3.63) is 87.6 Å². The zero-order chi connectivity index (χ0) is 18.2. The Labute approximate surface area is 163 Å². The Balaban J connectivity index is 1.58. The number of anilines is 1. The summed E-state index contributed by atoms with van der Waals surface area (Å²) in [6.07, 6.45) is 3.81. The quantitative estimate of drug-likeness (QED) is 0.590. The molecule has 2 aromatic carbocycles. The number of aliphatic imine (C=N–C) groups is 1. The molecule has 3 nitrogen and oxygen atoms in total. The summed E-state index contributed by atoms with van der Waals surface area (Å²) in [7, 11) is 0. The molecule has 134 valence electrons. The van der Waals surface area contributed by atoms with Gasteiger partial charge in [0.2, 0.25) is 0 Å². The van der Waals surface area contributed by atoms with Gasteiger partial charge in [-0.2, -0.15) is 0 Å². The molecule has 0 fully saturated rings. The van der Waals surface area contributed by atoms with Crippen molar-refractivity contribution in [2.75, 3.05) is 4.90 Å². The SMILES string of the molecule is O=C(c1cccs1)N1C(=N[C@@H]2CCc3ccccc32)CCc2ccccc21. The van der Waals surface area contributed by atoms with Gasteiger partial charge in [0, 0.05) is 6.42 Å². The summed E-state index contributed by atoms with van der Waals surface area (Å²) >= 11 is 1.49. The predicted molar refractivity (Wildman–Crippen MR) is 111 cm³/mol. The lowest BCUT2D eigenvalue weighted by atomic mass is 10.00. The molecule has 1 amide bonds. The fourth-order valence-corrected chi connectivity index (χ4v) is 4.80.